The molecule has 0 saturated carbocycles. The van der Waals surface area contributed by atoms with Crippen molar-refractivity contribution in [3.05, 3.63) is 71.3 Å². The first kappa shape index (κ1) is 22.2. The van der Waals surface area contributed by atoms with Gasteiger partial charge in [-0.15, -0.1) is 0 Å². The van der Waals surface area contributed by atoms with Crippen molar-refractivity contribution in [2.45, 2.75) is 70.2 Å². The maximum absolute atomic E-state index is 13.0. The lowest BCUT2D eigenvalue weighted by Crippen LogP contribution is -2.57. The largest absolute Gasteiger partial charge is 0.369 e. The van der Waals surface area contributed by atoms with E-state index in [9.17, 15) is 9.59 Å². The molecule has 5 nitrogen and oxygen atoms in total. The minimum absolute atomic E-state index is 0.0332. The molecule has 1 aromatic rings. The summed E-state index contributed by atoms with van der Waals surface area (Å²) in [5, 5.41) is 3.09. The van der Waals surface area contributed by atoms with Gasteiger partial charge in [0, 0.05) is 22.8 Å². The number of hydrogen-bond acceptors (Lipinski definition) is 4. The van der Waals surface area contributed by atoms with Crippen LogP contribution in [0.5, 0.6) is 0 Å². The normalized spacial score (nSPS) is 23.7. The van der Waals surface area contributed by atoms with E-state index in [1.165, 1.54) is 0 Å². The summed E-state index contributed by atoms with van der Waals surface area (Å²) in [5.74, 6) is -0.140. The van der Waals surface area contributed by atoms with Crippen molar-refractivity contribution in [3.63, 3.8) is 0 Å². The average molecular weight is 409 g/mol. The van der Waals surface area contributed by atoms with Crippen molar-refractivity contribution in [3.8, 4) is 0 Å². The fourth-order valence-electron chi connectivity index (χ4n) is 3.99. The number of benzene rings is 1. The molecule has 3 N–H and O–H groups in total. The molecule has 0 radical (unpaired) electrons. The third-order valence-corrected chi connectivity index (χ3v) is 5.83. The van der Waals surface area contributed by atoms with Gasteiger partial charge in [-0.05, 0) is 38.2 Å². The standard InChI is InChI=1S/C25H32N2O3/c1-3-20(4-2)30-22-16-19(24(28)17-11-7-5-8-12-17)15-21(26)23(22)27-25(29)18-13-9-6-10-14-18/h5-9,11-13,16,20-23H,3-4,10,14-15,26H2,1-2H3,(H,27,29)/t21-,22+,23+/m0/s1. The third-order valence-electron chi connectivity index (χ3n) is 5.83. The fraction of sp³-hybridized carbons (Fsp3) is 0.440. The zero-order chi connectivity index (χ0) is 21.5. The van der Waals surface area contributed by atoms with Crippen LogP contribution in [-0.2, 0) is 9.53 Å². The van der Waals surface area contributed by atoms with E-state index in [1.54, 1.807) is 0 Å². The Morgan fingerprint density at radius 2 is 1.90 bits per heavy atom. The van der Waals surface area contributed by atoms with Gasteiger partial charge in [0.05, 0.1) is 18.2 Å². The summed E-state index contributed by atoms with van der Waals surface area (Å²) in [7, 11) is 0. The highest BCUT2D eigenvalue weighted by atomic mass is 16.5. The van der Waals surface area contributed by atoms with Crippen LogP contribution in [0, 0.1) is 0 Å². The van der Waals surface area contributed by atoms with E-state index in [1.807, 2.05) is 54.6 Å². The number of carbonyl (C=O) groups is 2. The number of amides is 1. The molecule has 2 aliphatic carbocycles. The Bertz CT molecular complexity index is 837. The van der Waals surface area contributed by atoms with Gasteiger partial charge < -0.3 is 15.8 Å². The van der Waals surface area contributed by atoms with Crippen LogP contribution in [0.15, 0.2) is 65.8 Å². The smallest absolute Gasteiger partial charge is 0.247 e. The Hall–Kier alpha value is -2.50. The van der Waals surface area contributed by atoms with E-state index in [0.717, 1.165) is 31.3 Å². The van der Waals surface area contributed by atoms with Crippen molar-refractivity contribution in [2.75, 3.05) is 0 Å². The number of nitrogens with two attached hydrogens (primary N) is 1. The van der Waals surface area contributed by atoms with Gasteiger partial charge in [0.1, 0.15) is 0 Å². The second-order valence-corrected chi connectivity index (χ2v) is 7.95. The highest BCUT2D eigenvalue weighted by molar-refractivity contribution is 6.09. The number of ketones is 1. The van der Waals surface area contributed by atoms with Gasteiger partial charge in [-0.2, -0.15) is 0 Å². The SMILES string of the molecule is CCC(CC)O[C@@H]1C=C(C(=O)c2ccccc2)C[C@H](N)[C@H]1NC(=O)C1=CC=CCC1. The van der Waals surface area contributed by atoms with Gasteiger partial charge in [-0.25, -0.2) is 0 Å². The number of hydrogen-bond donors (Lipinski definition) is 2. The van der Waals surface area contributed by atoms with Crippen LogP contribution < -0.4 is 11.1 Å². The number of rotatable bonds is 8. The molecule has 0 saturated heterocycles. The van der Waals surface area contributed by atoms with Crippen molar-refractivity contribution >= 4 is 11.7 Å². The lowest BCUT2D eigenvalue weighted by molar-refractivity contribution is -0.120. The molecule has 0 aliphatic heterocycles. The molecular formula is C25H32N2O3. The van der Waals surface area contributed by atoms with E-state index >= 15 is 0 Å². The first-order valence-corrected chi connectivity index (χ1v) is 10.9. The summed E-state index contributed by atoms with van der Waals surface area (Å²) in [6.07, 6.45) is 11.0. The van der Waals surface area contributed by atoms with Crippen molar-refractivity contribution in [2.24, 2.45) is 5.73 Å². The van der Waals surface area contributed by atoms with Gasteiger partial charge in [-0.3, -0.25) is 9.59 Å². The lowest BCUT2D eigenvalue weighted by atomic mass is 9.84. The van der Waals surface area contributed by atoms with Crippen molar-refractivity contribution in [1.82, 2.24) is 5.32 Å². The molecule has 0 fully saturated rings. The molecule has 1 amide bonds. The molecule has 3 rings (SSSR count). The minimum Gasteiger partial charge on any atom is -0.369 e. The second kappa shape index (κ2) is 10.5. The molecule has 0 aromatic heterocycles. The van der Waals surface area contributed by atoms with E-state index in [0.29, 0.717) is 17.6 Å². The Labute approximate surface area is 179 Å². The molecule has 30 heavy (non-hydrogen) atoms. The van der Waals surface area contributed by atoms with Gasteiger partial charge in [0.25, 0.3) is 0 Å². The number of carbonyl (C=O) groups excluding carboxylic acids is 2. The number of ether oxygens (including phenoxy) is 1. The summed E-state index contributed by atoms with van der Waals surface area (Å²) in [5.41, 5.74) is 8.53. The monoisotopic (exact) mass is 408 g/mol. The second-order valence-electron chi connectivity index (χ2n) is 7.95. The van der Waals surface area contributed by atoms with E-state index in [-0.39, 0.29) is 23.8 Å². The van der Waals surface area contributed by atoms with Crippen LogP contribution in [0.2, 0.25) is 0 Å². The van der Waals surface area contributed by atoms with Gasteiger partial charge in [-0.1, -0.05) is 62.4 Å². The molecule has 0 spiro atoms. The number of nitrogens with one attached hydrogen (secondary N) is 1. The van der Waals surface area contributed by atoms with Crippen LogP contribution in [0.3, 0.4) is 0 Å². The van der Waals surface area contributed by atoms with Gasteiger partial charge >= 0.3 is 0 Å². The number of Topliss-reactive ketones (excluding diaryl/α,β-unsaturated/α-hetero) is 1. The summed E-state index contributed by atoms with van der Waals surface area (Å²) in [4.78, 5) is 25.8. The summed E-state index contributed by atoms with van der Waals surface area (Å²) < 4.78 is 6.32. The Morgan fingerprint density at radius 1 is 1.17 bits per heavy atom. The fourth-order valence-corrected chi connectivity index (χ4v) is 3.99. The lowest BCUT2D eigenvalue weighted by Gasteiger charge is -2.37. The van der Waals surface area contributed by atoms with Crippen LogP contribution in [-0.4, -0.2) is 36.0 Å². The molecular weight excluding hydrogens is 376 g/mol. The maximum Gasteiger partial charge on any atom is 0.247 e. The Balaban J connectivity index is 1.84. The first-order chi connectivity index (χ1) is 14.5. The highest BCUT2D eigenvalue weighted by Crippen LogP contribution is 2.26. The zero-order valence-corrected chi connectivity index (χ0v) is 17.8. The van der Waals surface area contributed by atoms with E-state index in [4.69, 9.17) is 10.5 Å². The molecule has 160 valence electrons. The third kappa shape index (κ3) is 5.35. The van der Waals surface area contributed by atoms with Crippen molar-refractivity contribution in [1.29, 1.82) is 0 Å². The molecule has 0 unspecified atom stereocenters. The average Bonchev–Trinajstić information content (AvgIpc) is 2.79. The predicted molar refractivity (Wildman–Crippen MR) is 119 cm³/mol. The Kier molecular flexibility index (Phi) is 7.77. The van der Waals surface area contributed by atoms with E-state index in [2.05, 4.69) is 19.2 Å². The number of allylic oxidation sites excluding steroid dienone is 3. The van der Waals surface area contributed by atoms with Crippen LogP contribution in [0.1, 0.15) is 56.3 Å². The highest BCUT2D eigenvalue weighted by Gasteiger charge is 2.36. The van der Waals surface area contributed by atoms with E-state index < -0.39 is 12.1 Å². The maximum atomic E-state index is 13.0. The topological polar surface area (TPSA) is 81.4 Å². The van der Waals surface area contributed by atoms with Crippen molar-refractivity contribution < 1.29 is 14.3 Å². The van der Waals surface area contributed by atoms with Crippen LogP contribution >= 0.6 is 0 Å². The zero-order valence-electron chi connectivity index (χ0n) is 17.8. The molecule has 0 bridgehead atoms. The quantitative estimate of drug-likeness (QED) is 0.640. The summed E-state index contributed by atoms with van der Waals surface area (Å²) in [6.45, 7) is 4.15. The minimum atomic E-state index is -0.440. The van der Waals surface area contributed by atoms with Crippen LogP contribution in [0.25, 0.3) is 0 Å². The molecule has 2 aliphatic rings. The predicted octanol–water partition coefficient (Wildman–Crippen LogP) is 3.86. The molecule has 3 atom stereocenters. The summed E-state index contributed by atoms with van der Waals surface area (Å²) >= 11 is 0. The Morgan fingerprint density at radius 3 is 2.53 bits per heavy atom. The molecule has 0 heterocycles. The summed E-state index contributed by atoms with van der Waals surface area (Å²) in [6, 6.07) is 8.43. The van der Waals surface area contributed by atoms with Gasteiger partial charge in [0.15, 0.2) is 5.78 Å². The molecule has 1 aromatic carbocycles. The molecule has 5 heteroatoms. The van der Waals surface area contributed by atoms with Gasteiger partial charge in [0.2, 0.25) is 5.91 Å². The first-order valence-electron chi connectivity index (χ1n) is 10.9. The van der Waals surface area contributed by atoms with Crippen LogP contribution in [0.4, 0.5) is 0 Å².